The van der Waals surface area contributed by atoms with E-state index in [1.165, 1.54) is 0 Å². The predicted octanol–water partition coefficient (Wildman–Crippen LogP) is -5.85. The molecular weight excluding hydrogens is 177 g/mol. The summed E-state index contributed by atoms with van der Waals surface area (Å²) in [6.45, 7) is 0.856. The molecule has 0 saturated carbocycles. The van der Waals surface area contributed by atoms with Crippen LogP contribution in [-0.2, 0) is 9.59 Å². The van der Waals surface area contributed by atoms with Crippen molar-refractivity contribution in [1.82, 2.24) is 0 Å². The van der Waals surface area contributed by atoms with Gasteiger partial charge in [-0.05, 0) is 6.92 Å². The summed E-state index contributed by atoms with van der Waals surface area (Å²) < 4.78 is 0. The van der Waals surface area contributed by atoms with Gasteiger partial charge in [-0.3, -0.25) is 4.79 Å². The van der Waals surface area contributed by atoms with Gasteiger partial charge in [-0.15, -0.1) is 0 Å². The van der Waals surface area contributed by atoms with E-state index in [0.29, 0.717) is 0 Å². The van der Waals surface area contributed by atoms with Crippen molar-refractivity contribution < 1.29 is 54.5 Å². The number of nitrogens with two attached hydrogens (primary N) is 1. The topological polar surface area (TPSA) is 124 Å². The fourth-order valence-corrected chi connectivity index (χ4v) is 0. The third-order valence-electron chi connectivity index (χ3n) is 0.516. The monoisotopic (exact) mass is 187 g/mol. The fourth-order valence-electron chi connectivity index (χ4n) is 0. The molecule has 6 nitrogen and oxygen atoms in total. The Morgan fingerprint density at radius 2 is 1.75 bits per heavy atom. The maximum atomic E-state index is 9.34. The van der Waals surface area contributed by atoms with Gasteiger partial charge < -0.3 is 25.8 Å². The van der Waals surface area contributed by atoms with Crippen LogP contribution < -0.4 is 40.4 Å². The van der Waals surface area contributed by atoms with Crippen molar-refractivity contribution in [1.29, 1.82) is 0 Å². The first-order chi connectivity index (χ1) is 4.91. The van der Waals surface area contributed by atoms with Gasteiger partial charge in [0.2, 0.25) is 0 Å². The molecule has 0 aromatic heterocycles. The molecule has 0 amide bonds. The van der Waals surface area contributed by atoms with E-state index in [2.05, 4.69) is 5.73 Å². The van der Waals surface area contributed by atoms with Crippen molar-refractivity contribution in [2.75, 3.05) is 6.54 Å². The van der Waals surface area contributed by atoms with Gasteiger partial charge in [-0.2, -0.15) is 0 Å². The summed E-state index contributed by atoms with van der Waals surface area (Å²) in [6, 6.07) is 0. The molecule has 4 N–H and O–H groups in total. The van der Waals surface area contributed by atoms with Crippen molar-refractivity contribution in [2.24, 2.45) is 5.73 Å². The molecule has 0 saturated heterocycles. The molecule has 0 radical (unpaired) electrons. The first-order valence-corrected chi connectivity index (χ1v) is 2.72. The number of carboxylic acid groups (broad SMARTS) is 2. The third kappa shape index (κ3) is 22.5. The molecule has 7 heteroatoms. The zero-order valence-corrected chi connectivity index (χ0v) is 8.98. The molecular formula is C5H10NNaO5. The summed E-state index contributed by atoms with van der Waals surface area (Å²) >= 11 is 0. The normalized spacial score (nSPS) is 9.92. The number of hydrogen-bond acceptors (Lipinski definition) is 5. The number of rotatable bonds is 2. The summed E-state index contributed by atoms with van der Waals surface area (Å²) in [6.07, 6.45) is -1.34. The van der Waals surface area contributed by atoms with Crippen molar-refractivity contribution in [2.45, 2.75) is 13.0 Å². The first kappa shape index (κ1) is 17.8. The Kier molecular flexibility index (Phi) is 16.1. The minimum absolute atomic E-state index is 0. The van der Waals surface area contributed by atoms with Crippen molar-refractivity contribution >= 4 is 11.9 Å². The summed E-state index contributed by atoms with van der Waals surface area (Å²) in [5.41, 5.74) is 4.57. The van der Waals surface area contributed by atoms with E-state index in [1.54, 1.807) is 0 Å². The van der Waals surface area contributed by atoms with Crippen LogP contribution in [0.25, 0.3) is 0 Å². The van der Waals surface area contributed by atoms with Crippen LogP contribution in [0.15, 0.2) is 0 Å². The van der Waals surface area contributed by atoms with Crippen molar-refractivity contribution in [3.05, 3.63) is 0 Å². The minimum atomic E-state index is -1.44. The summed E-state index contributed by atoms with van der Waals surface area (Å²) in [5.74, 6) is -2.40. The van der Waals surface area contributed by atoms with Crippen LogP contribution in [0.2, 0.25) is 0 Å². The molecule has 0 fully saturated rings. The molecule has 0 aliphatic carbocycles. The van der Waals surface area contributed by atoms with Gasteiger partial charge in [-0.25, -0.2) is 0 Å². The Morgan fingerprint density at radius 1 is 1.58 bits per heavy atom. The fraction of sp³-hybridized carbons (Fsp3) is 0.600. The van der Waals surface area contributed by atoms with Crippen LogP contribution in [0.1, 0.15) is 6.92 Å². The Labute approximate surface area is 91.7 Å². The van der Waals surface area contributed by atoms with E-state index in [4.69, 9.17) is 10.2 Å². The molecule has 0 rings (SSSR count). The van der Waals surface area contributed by atoms with E-state index < -0.39 is 18.0 Å². The van der Waals surface area contributed by atoms with Gasteiger partial charge in [0.05, 0.1) is 18.6 Å². The molecule has 0 aliphatic heterocycles. The van der Waals surface area contributed by atoms with Crippen LogP contribution in [0.4, 0.5) is 0 Å². The Balaban J connectivity index is -0.000000126. The number of aliphatic hydroxyl groups is 1. The van der Waals surface area contributed by atoms with E-state index in [-0.39, 0.29) is 36.1 Å². The van der Waals surface area contributed by atoms with E-state index in [1.807, 2.05) is 0 Å². The second-order valence-electron chi connectivity index (χ2n) is 1.59. The standard InChI is InChI=1S/C3H6O3.C2H5NO2.Na/c1-2(4)3(5)6;3-1-2(4)5;/h2,4H,1H3,(H,5,6);1,3H2,(H,4,5);/q;;+1/p-1. The quantitative estimate of drug-likeness (QED) is 0.370. The number of hydrogen-bond donors (Lipinski definition) is 3. The number of carboxylic acids is 2. The molecule has 66 valence electrons. The molecule has 12 heavy (non-hydrogen) atoms. The number of aliphatic carboxylic acids is 2. The zero-order valence-electron chi connectivity index (χ0n) is 6.98. The van der Waals surface area contributed by atoms with E-state index >= 15 is 0 Å². The second-order valence-corrected chi connectivity index (χ2v) is 1.59. The van der Waals surface area contributed by atoms with Crippen molar-refractivity contribution in [3.63, 3.8) is 0 Å². The van der Waals surface area contributed by atoms with Gasteiger partial charge in [-0.1, -0.05) is 0 Å². The van der Waals surface area contributed by atoms with Gasteiger partial charge in [0.1, 0.15) is 0 Å². The summed E-state index contributed by atoms with van der Waals surface area (Å²) in [7, 11) is 0. The zero-order chi connectivity index (χ0) is 9.44. The molecule has 0 bridgehead atoms. The average molecular weight is 187 g/mol. The molecule has 0 aliphatic rings. The predicted molar refractivity (Wildman–Crippen MR) is 33.4 cm³/mol. The second kappa shape index (κ2) is 10.9. The summed E-state index contributed by atoms with van der Waals surface area (Å²) in [5, 5.41) is 24.9. The Bertz CT molecular complexity index is 138. The largest absolute Gasteiger partial charge is 1.00 e. The number of carbonyl (C=O) groups is 2. The third-order valence-corrected chi connectivity index (χ3v) is 0.516. The minimum Gasteiger partial charge on any atom is -0.547 e. The van der Waals surface area contributed by atoms with Crippen LogP contribution in [0, 0.1) is 0 Å². The number of aliphatic hydroxyl groups excluding tert-OH is 1. The maximum absolute atomic E-state index is 9.34. The summed E-state index contributed by atoms with van der Waals surface area (Å²) in [4.78, 5) is 18.6. The van der Waals surface area contributed by atoms with Gasteiger partial charge in [0.15, 0.2) is 0 Å². The molecule has 0 spiro atoms. The van der Waals surface area contributed by atoms with Gasteiger partial charge in [0.25, 0.3) is 0 Å². The van der Waals surface area contributed by atoms with Gasteiger partial charge in [0, 0.05) is 0 Å². The smallest absolute Gasteiger partial charge is 0.547 e. The molecule has 1 atom stereocenters. The Morgan fingerprint density at radius 3 is 1.75 bits per heavy atom. The SMILES string of the molecule is CC(O)C(=O)[O-].NCC(=O)O.[Na+]. The van der Waals surface area contributed by atoms with Crippen molar-refractivity contribution in [3.8, 4) is 0 Å². The molecule has 0 aromatic carbocycles. The molecule has 1 unspecified atom stereocenters. The van der Waals surface area contributed by atoms with Crippen LogP contribution in [0.5, 0.6) is 0 Å². The van der Waals surface area contributed by atoms with Crippen LogP contribution in [0.3, 0.4) is 0 Å². The van der Waals surface area contributed by atoms with Crippen LogP contribution >= 0.6 is 0 Å². The number of carbonyl (C=O) groups excluding carboxylic acids is 1. The Hall–Kier alpha value is -0.140. The van der Waals surface area contributed by atoms with E-state index in [0.717, 1.165) is 6.92 Å². The average Bonchev–Trinajstić information content (AvgIpc) is 1.89. The molecule has 0 aromatic rings. The van der Waals surface area contributed by atoms with E-state index in [9.17, 15) is 14.7 Å². The van der Waals surface area contributed by atoms with Gasteiger partial charge >= 0.3 is 35.5 Å². The molecule has 0 heterocycles. The maximum Gasteiger partial charge on any atom is 1.00 e. The first-order valence-electron chi connectivity index (χ1n) is 2.72. The van der Waals surface area contributed by atoms with Crippen LogP contribution in [-0.4, -0.2) is 34.8 Å².